The van der Waals surface area contributed by atoms with Gasteiger partial charge in [0.15, 0.2) is 5.65 Å². The highest BCUT2D eigenvalue weighted by molar-refractivity contribution is 5.73. The summed E-state index contributed by atoms with van der Waals surface area (Å²) in [6.07, 6.45) is 2.55. The maximum Gasteiger partial charge on any atom is 0.316 e. The molecule has 2 heterocycles. The van der Waals surface area contributed by atoms with Crippen molar-refractivity contribution >= 4 is 17.5 Å². The number of amides is 2. The van der Waals surface area contributed by atoms with Gasteiger partial charge >= 0.3 is 6.03 Å². The van der Waals surface area contributed by atoms with Gasteiger partial charge in [-0.3, -0.25) is 0 Å². The molecule has 2 aromatic heterocycles. The lowest BCUT2D eigenvalue weighted by atomic mass is 10.1. The van der Waals surface area contributed by atoms with Crippen LogP contribution in [0.2, 0.25) is 0 Å². The lowest BCUT2D eigenvalue weighted by molar-refractivity contribution is 0.217. The molecule has 0 atom stereocenters. The van der Waals surface area contributed by atoms with E-state index in [1.165, 1.54) is 4.90 Å². The van der Waals surface area contributed by atoms with E-state index in [2.05, 4.69) is 20.7 Å². The van der Waals surface area contributed by atoms with Crippen LogP contribution in [0.15, 0.2) is 48.7 Å². The van der Waals surface area contributed by atoms with Crippen molar-refractivity contribution in [2.24, 2.45) is 0 Å². The summed E-state index contributed by atoms with van der Waals surface area (Å²) in [6.45, 7) is 1.34. The molecule has 0 unspecified atom stereocenters. The second-order valence-electron chi connectivity index (χ2n) is 5.90. The van der Waals surface area contributed by atoms with Crippen molar-refractivity contribution < 1.29 is 4.79 Å². The number of urea groups is 1. The molecule has 3 rings (SSSR count). The Balaban J connectivity index is 1.68. The molecule has 7 nitrogen and oxygen atoms in total. The van der Waals surface area contributed by atoms with Gasteiger partial charge in [0.25, 0.3) is 0 Å². The van der Waals surface area contributed by atoms with Crippen LogP contribution in [-0.4, -0.2) is 52.7 Å². The van der Waals surface area contributed by atoms with E-state index < -0.39 is 0 Å². The van der Waals surface area contributed by atoms with E-state index in [4.69, 9.17) is 0 Å². The molecule has 0 saturated carbocycles. The quantitative estimate of drug-likeness (QED) is 0.677. The minimum atomic E-state index is -0.0789. The molecule has 1 aromatic carbocycles. The molecule has 0 aliphatic carbocycles. The van der Waals surface area contributed by atoms with Gasteiger partial charge in [-0.05, 0) is 6.42 Å². The predicted octanol–water partition coefficient (Wildman–Crippen LogP) is 2.47. The van der Waals surface area contributed by atoms with E-state index in [0.29, 0.717) is 6.54 Å². The van der Waals surface area contributed by atoms with Gasteiger partial charge in [0, 0.05) is 44.9 Å². The number of carbonyl (C=O) groups is 1. The molecular formula is C18H22N6O. The molecule has 130 valence electrons. The average Bonchev–Trinajstić information content (AvgIpc) is 3.10. The number of aromatic nitrogens is 3. The molecule has 0 fully saturated rings. The molecule has 25 heavy (non-hydrogen) atoms. The molecule has 7 heteroatoms. The maximum absolute atomic E-state index is 11.5. The van der Waals surface area contributed by atoms with Crippen molar-refractivity contribution in [1.82, 2.24) is 24.8 Å². The second kappa shape index (κ2) is 7.65. The van der Waals surface area contributed by atoms with Crippen LogP contribution in [0.25, 0.3) is 16.9 Å². The van der Waals surface area contributed by atoms with E-state index in [0.717, 1.165) is 35.7 Å². The highest BCUT2D eigenvalue weighted by Gasteiger charge is 2.08. The summed E-state index contributed by atoms with van der Waals surface area (Å²) in [7, 11) is 3.45. The first-order chi connectivity index (χ1) is 12.1. The standard InChI is InChI=1S/C18H22N6O/c1-23(2)18(25)20-11-6-10-19-17-13-15(14-7-4-3-5-8-14)22-16-9-12-21-24(16)17/h3-5,7-9,12-13,19H,6,10-11H2,1-2H3,(H,20,25). The molecule has 0 aliphatic heterocycles. The minimum absolute atomic E-state index is 0.0789. The van der Waals surface area contributed by atoms with Crippen molar-refractivity contribution in [3.8, 4) is 11.3 Å². The van der Waals surface area contributed by atoms with Crippen LogP contribution in [0.5, 0.6) is 0 Å². The van der Waals surface area contributed by atoms with Crippen molar-refractivity contribution in [2.75, 3.05) is 32.5 Å². The number of carbonyl (C=O) groups excluding carboxylic acids is 1. The van der Waals surface area contributed by atoms with Gasteiger partial charge in [-0.1, -0.05) is 30.3 Å². The molecule has 0 saturated heterocycles. The Bertz CT molecular complexity index is 843. The molecule has 3 aromatic rings. The first-order valence-electron chi connectivity index (χ1n) is 8.24. The lowest BCUT2D eigenvalue weighted by Crippen LogP contribution is -2.35. The molecule has 2 N–H and O–H groups in total. The van der Waals surface area contributed by atoms with Crippen LogP contribution < -0.4 is 10.6 Å². The third kappa shape index (κ3) is 4.06. The van der Waals surface area contributed by atoms with E-state index >= 15 is 0 Å². The smallest absolute Gasteiger partial charge is 0.316 e. The summed E-state index contributed by atoms with van der Waals surface area (Å²) in [4.78, 5) is 17.7. The van der Waals surface area contributed by atoms with Crippen molar-refractivity contribution in [1.29, 1.82) is 0 Å². The van der Waals surface area contributed by atoms with Crippen LogP contribution in [0.1, 0.15) is 6.42 Å². The molecule has 0 aliphatic rings. The van der Waals surface area contributed by atoms with Crippen LogP contribution in [-0.2, 0) is 0 Å². The predicted molar refractivity (Wildman–Crippen MR) is 98.6 cm³/mol. The lowest BCUT2D eigenvalue weighted by Gasteiger charge is -2.13. The molecule has 2 amide bonds. The van der Waals surface area contributed by atoms with Gasteiger partial charge in [-0.15, -0.1) is 0 Å². The number of nitrogens with zero attached hydrogens (tertiary/aromatic N) is 4. The summed E-state index contributed by atoms with van der Waals surface area (Å²) in [6, 6.07) is 13.9. The zero-order chi connectivity index (χ0) is 17.6. The number of anilines is 1. The van der Waals surface area contributed by atoms with Crippen LogP contribution in [0, 0.1) is 0 Å². The van der Waals surface area contributed by atoms with Gasteiger partial charge in [0.05, 0.1) is 11.9 Å². The van der Waals surface area contributed by atoms with Gasteiger partial charge in [0.1, 0.15) is 5.82 Å². The summed E-state index contributed by atoms with van der Waals surface area (Å²) in [5.41, 5.74) is 2.76. The van der Waals surface area contributed by atoms with Crippen LogP contribution in [0.4, 0.5) is 10.6 Å². The number of fused-ring (bicyclic) bond motifs is 1. The van der Waals surface area contributed by atoms with E-state index in [-0.39, 0.29) is 6.03 Å². The Morgan fingerprint density at radius 1 is 1.16 bits per heavy atom. The zero-order valence-electron chi connectivity index (χ0n) is 14.4. The maximum atomic E-state index is 11.5. The van der Waals surface area contributed by atoms with E-state index in [1.807, 2.05) is 42.5 Å². The molecule has 0 radical (unpaired) electrons. The second-order valence-corrected chi connectivity index (χ2v) is 5.90. The Morgan fingerprint density at radius 2 is 1.96 bits per heavy atom. The Hall–Kier alpha value is -3.09. The SMILES string of the molecule is CN(C)C(=O)NCCCNc1cc(-c2ccccc2)nc2ccnn12. The Labute approximate surface area is 146 Å². The summed E-state index contributed by atoms with van der Waals surface area (Å²) in [5, 5.41) is 10.6. The zero-order valence-corrected chi connectivity index (χ0v) is 14.4. The van der Waals surface area contributed by atoms with Gasteiger partial charge in [-0.2, -0.15) is 9.61 Å². The van der Waals surface area contributed by atoms with Crippen LogP contribution >= 0.6 is 0 Å². The highest BCUT2D eigenvalue weighted by Crippen LogP contribution is 2.21. The number of hydrogen-bond acceptors (Lipinski definition) is 4. The third-order valence-electron chi connectivity index (χ3n) is 3.77. The van der Waals surface area contributed by atoms with Gasteiger partial charge in [0.2, 0.25) is 0 Å². The van der Waals surface area contributed by atoms with Crippen molar-refractivity contribution in [2.45, 2.75) is 6.42 Å². The number of hydrogen-bond donors (Lipinski definition) is 2. The van der Waals surface area contributed by atoms with Crippen LogP contribution in [0.3, 0.4) is 0 Å². The Kier molecular flexibility index (Phi) is 5.13. The summed E-state index contributed by atoms with van der Waals surface area (Å²) < 4.78 is 1.78. The largest absolute Gasteiger partial charge is 0.370 e. The number of rotatable bonds is 6. The topological polar surface area (TPSA) is 74.6 Å². The Morgan fingerprint density at radius 3 is 2.72 bits per heavy atom. The van der Waals surface area contributed by atoms with Gasteiger partial charge in [-0.25, -0.2) is 9.78 Å². The van der Waals surface area contributed by atoms with E-state index in [1.54, 1.807) is 24.8 Å². The third-order valence-corrected chi connectivity index (χ3v) is 3.77. The van der Waals surface area contributed by atoms with Gasteiger partial charge < -0.3 is 15.5 Å². The fourth-order valence-corrected chi connectivity index (χ4v) is 2.45. The fraction of sp³-hybridized carbons (Fsp3) is 0.278. The number of nitrogens with one attached hydrogen (secondary N) is 2. The minimum Gasteiger partial charge on any atom is -0.370 e. The number of benzene rings is 1. The van der Waals surface area contributed by atoms with Crippen molar-refractivity contribution in [3.05, 3.63) is 48.7 Å². The monoisotopic (exact) mass is 338 g/mol. The first-order valence-corrected chi connectivity index (χ1v) is 8.24. The summed E-state index contributed by atoms with van der Waals surface area (Å²) >= 11 is 0. The normalized spacial score (nSPS) is 10.6. The van der Waals surface area contributed by atoms with Crippen molar-refractivity contribution in [3.63, 3.8) is 0 Å². The average molecular weight is 338 g/mol. The molecular weight excluding hydrogens is 316 g/mol. The first kappa shape index (κ1) is 16.8. The molecule has 0 spiro atoms. The van der Waals surface area contributed by atoms with E-state index in [9.17, 15) is 4.79 Å². The summed E-state index contributed by atoms with van der Waals surface area (Å²) in [5.74, 6) is 0.882. The molecule has 0 bridgehead atoms. The fourth-order valence-electron chi connectivity index (χ4n) is 2.45. The highest BCUT2D eigenvalue weighted by atomic mass is 16.2.